The van der Waals surface area contributed by atoms with Gasteiger partial charge in [0.25, 0.3) is 11.8 Å². The number of aromatic nitrogens is 2. The van der Waals surface area contributed by atoms with Crippen LogP contribution in [0.15, 0.2) is 16.8 Å². The molecule has 1 aromatic carbocycles. The van der Waals surface area contributed by atoms with Crippen LogP contribution >= 0.6 is 0 Å². The van der Waals surface area contributed by atoms with Crippen LogP contribution in [-0.4, -0.2) is 51.7 Å². The first-order valence-electron chi connectivity index (χ1n) is 7.06. The van der Waals surface area contributed by atoms with Gasteiger partial charge in [0.05, 0.1) is 10.6 Å². The zero-order valence-electron chi connectivity index (χ0n) is 12.9. The number of hydrogen-bond acceptors (Lipinski definition) is 10. The summed E-state index contributed by atoms with van der Waals surface area (Å²) in [4.78, 5) is 51.3. The van der Waals surface area contributed by atoms with Crippen molar-refractivity contribution in [3.63, 3.8) is 0 Å². The second-order valence-electron chi connectivity index (χ2n) is 5.22. The summed E-state index contributed by atoms with van der Waals surface area (Å²) >= 11 is 0. The van der Waals surface area contributed by atoms with Crippen molar-refractivity contribution in [1.29, 1.82) is 0 Å². The van der Waals surface area contributed by atoms with Crippen molar-refractivity contribution in [2.24, 2.45) is 0 Å². The number of hydrogen-bond donors (Lipinski definition) is 0. The molecule has 130 valence electrons. The summed E-state index contributed by atoms with van der Waals surface area (Å²) in [5.41, 5.74) is 0.0764. The smallest absolute Gasteiger partial charge is 0.352 e. The summed E-state index contributed by atoms with van der Waals surface area (Å²) in [6, 6.07) is 2.58. The Morgan fingerprint density at radius 1 is 1.32 bits per heavy atom. The number of non-ortho nitro benzene ring substituents is 1. The summed E-state index contributed by atoms with van der Waals surface area (Å²) in [6.45, 7) is -0.336. The Hall–Kier alpha value is -3.57. The second kappa shape index (κ2) is 6.14. The molecule has 0 aliphatic carbocycles. The number of carbonyl (C=O) groups excluding carboxylic acids is 3. The van der Waals surface area contributed by atoms with Gasteiger partial charge in [-0.25, -0.2) is 9.42 Å². The van der Waals surface area contributed by atoms with Crippen LogP contribution < -0.4 is 4.90 Å². The van der Waals surface area contributed by atoms with Gasteiger partial charge in [0.1, 0.15) is 6.54 Å². The van der Waals surface area contributed by atoms with Crippen molar-refractivity contribution in [3.05, 3.63) is 22.2 Å². The Labute approximate surface area is 139 Å². The van der Waals surface area contributed by atoms with Gasteiger partial charge in [-0.3, -0.25) is 19.7 Å². The van der Waals surface area contributed by atoms with Gasteiger partial charge in [0.15, 0.2) is 5.52 Å². The van der Waals surface area contributed by atoms with Crippen LogP contribution in [0.4, 0.5) is 11.4 Å². The van der Waals surface area contributed by atoms with E-state index < -0.39 is 22.7 Å². The van der Waals surface area contributed by atoms with Gasteiger partial charge >= 0.3 is 11.7 Å². The maximum Gasteiger partial charge on any atom is 0.352 e. The minimum Gasteiger partial charge on any atom is -0.362 e. The molecule has 1 aliphatic rings. The Bertz CT molecular complexity index is 876. The predicted octanol–water partition coefficient (Wildman–Crippen LogP) is 0.174. The lowest BCUT2D eigenvalue weighted by Gasteiger charge is -2.19. The number of fused-ring (bicyclic) bond motifs is 1. The van der Waals surface area contributed by atoms with Crippen molar-refractivity contribution in [1.82, 2.24) is 15.4 Å². The van der Waals surface area contributed by atoms with Gasteiger partial charge in [0.2, 0.25) is 5.52 Å². The quantitative estimate of drug-likeness (QED) is 0.415. The van der Waals surface area contributed by atoms with E-state index in [4.69, 9.17) is 4.84 Å². The molecule has 2 heterocycles. The Kier molecular flexibility index (Phi) is 4.00. The molecule has 0 bridgehead atoms. The first-order valence-corrected chi connectivity index (χ1v) is 7.06. The van der Waals surface area contributed by atoms with Crippen molar-refractivity contribution >= 4 is 40.2 Å². The van der Waals surface area contributed by atoms with Crippen molar-refractivity contribution in [3.8, 4) is 0 Å². The molecule has 3 rings (SSSR count). The molecule has 0 unspecified atom stereocenters. The van der Waals surface area contributed by atoms with Crippen LogP contribution in [0.2, 0.25) is 0 Å². The summed E-state index contributed by atoms with van der Waals surface area (Å²) < 4.78 is 4.54. The largest absolute Gasteiger partial charge is 0.362 e. The fourth-order valence-electron chi connectivity index (χ4n) is 2.36. The van der Waals surface area contributed by atoms with Crippen LogP contribution in [0.25, 0.3) is 11.0 Å². The third-order valence-electron chi connectivity index (χ3n) is 3.55. The molecule has 1 aliphatic heterocycles. The van der Waals surface area contributed by atoms with E-state index in [1.54, 1.807) is 0 Å². The monoisotopic (exact) mass is 349 g/mol. The van der Waals surface area contributed by atoms with Crippen LogP contribution in [0, 0.1) is 10.1 Å². The van der Waals surface area contributed by atoms with E-state index in [1.165, 1.54) is 24.1 Å². The first-order chi connectivity index (χ1) is 11.9. The fraction of sp³-hybridized carbons (Fsp3) is 0.308. The van der Waals surface area contributed by atoms with E-state index in [0.717, 1.165) is 0 Å². The van der Waals surface area contributed by atoms with E-state index in [1.807, 2.05) is 0 Å². The Morgan fingerprint density at radius 2 is 1.96 bits per heavy atom. The zero-order valence-corrected chi connectivity index (χ0v) is 12.9. The third kappa shape index (κ3) is 2.96. The zero-order chi connectivity index (χ0) is 18.1. The molecule has 25 heavy (non-hydrogen) atoms. The topological polar surface area (TPSA) is 149 Å². The maximum absolute atomic E-state index is 11.9. The molecule has 0 saturated carbocycles. The number of rotatable bonds is 5. The van der Waals surface area contributed by atoms with E-state index in [0.29, 0.717) is 10.8 Å². The SMILES string of the molecule is CN(CC(=O)ON1C(=O)CCC1=O)c1ccc([N+](=O)[O-])c2nonc12. The highest BCUT2D eigenvalue weighted by atomic mass is 16.7. The minimum atomic E-state index is -0.853. The lowest BCUT2D eigenvalue weighted by atomic mass is 10.2. The van der Waals surface area contributed by atoms with Gasteiger partial charge in [0, 0.05) is 26.0 Å². The van der Waals surface area contributed by atoms with Crippen molar-refractivity contribution < 1.29 is 28.8 Å². The van der Waals surface area contributed by atoms with E-state index >= 15 is 0 Å². The number of nitro benzene ring substituents is 1. The highest BCUT2D eigenvalue weighted by Crippen LogP contribution is 2.30. The second-order valence-corrected chi connectivity index (χ2v) is 5.22. The molecular weight excluding hydrogens is 338 g/mol. The molecule has 0 radical (unpaired) electrons. The lowest BCUT2D eigenvalue weighted by Crippen LogP contribution is -2.36. The fourth-order valence-corrected chi connectivity index (χ4v) is 2.36. The molecule has 0 atom stereocenters. The molecule has 2 aromatic rings. The first kappa shape index (κ1) is 16.3. The molecule has 0 N–H and O–H groups in total. The highest BCUT2D eigenvalue weighted by Gasteiger charge is 2.33. The summed E-state index contributed by atoms with van der Waals surface area (Å²) in [5.74, 6) is -2.02. The molecule has 1 aromatic heterocycles. The molecule has 2 amide bonds. The number of nitrogens with zero attached hydrogens (tertiary/aromatic N) is 5. The molecule has 12 nitrogen and oxygen atoms in total. The molecule has 0 spiro atoms. The van der Waals surface area contributed by atoms with Crippen LogP contribution in [0.1, 0.15) is 12.8 Å². The number of amides is 2. The molecule has 1 saturated heterocycles. The number of likely N-dealkylation sites (N-methyl/N-ethyl adjacent to an activating group) is 1. The summed E-state index contributed by atoms with van der Waals surface area (Å²) in [6.07, 6.45) is -0.00886. The number of benzene rings is 1. The number of imide groups is 1. The number of nitro groups is 1. The number of anilines is 1. The van der Waals surface area contributed by atoms with E-state index in [9.17, 15) is 24.5 Å². The Balaban J connectivity index is 1.77. The Morgan fingerprint density at radius 3 is 2.60 bits per heavy atom. The molecule has 1 fully saturated rings. The van der Waals surface area contributed by atoms with E-state index in [-0.39, 0.29) is 36.1 Å². The van der Waals surface area contributed by atoms with Crippen LogP contribution in [0.3, 0.4) is 0 Å². The number of hydroxylamine groups is 2. The van der Waals surface area contributed by atoms with Gasteiger partial charge in [-0.1, -0.05) is 0 Å². The average molecular weight is 349 g/mol. The normalized spacial score (nSPS) is 14.2. The molecule has 12 heteroatoms. The van der Waals surface area contributed by atoms with Gasteiger partial charge in [-0.2, -0.15) is 0 Å². The summed E-state index contributed by atoms with van der Waals surface area (Å²) in [5, 5.41) is 18.5. The summed E-state index contributed by atoms with van der Waals surface area (Å²) in [7, 11) is 1.50. The lowest BCUT2D eigenvalue weighted by molar-refractivity contribution is -0.383. The highest BCUT2D eigenvalue weighted by molar-refractivity contribution is 6.02. The van der Waals surface area contributed by atoms with Gasteiger partial charge in [-0.15, -0.1) is 5.06 Å². The van der Waals surface area contributed by atoms with Crippen LogP contribution in [-0.2, 0) is 19.2 Å². The van der Waals surface area contributed by atoms with Gasteiger partial charge < -0.3 is 9.74 Å². The minimum absolute atomic E-state index is 0.00443. The molecular formula is C13H11N5O7. The number of carbonyl (C=O) groups is 3. The maximum atomic E-state index is 11.9. The van der Waals surface area contributed by atoms with Crippen molar-refractivity contribution in [2.45, 2.75) is 12.8 Å². The third-order valence-corrected chi connectivity index (χ3v) is 3.55. The average Bonchev–Trinajstić information content (AvgIpc) is 3.15. The standard InChI is InChI=1S/C13H11N5O7/c1-16(6-11(21)24-17-9(19)4-5-10(17)20)7-2-3-8(18(22)23)13-12(7)14-25-15-13/h2-3H,4-6H2,1H3. The van der Waals surface area contributed by atoms with Crippen molar-refractivity contribution in [2.75, 3.05) is 18.5 Å². The van der Waals surface area contributed by atoms with Crippen LogP contribution in [0.5, 0.6) is 0 Å². The van der Waals surface area contributed by atoms with E-state index in [2.05, 4.69) is 14.9 Å². The predicted molar refractivity (Wildman–Crippen MR) is 78.9 cm³/mol. The van der Waals surface area contributed by atoms with Gasteiger partial charge in [-0.05, 0) is 16.4 Å².